The molecule has 1 fully saturated rings. The van der Waals surface area contributed by atoms with E-state index in [1.54, 1.807) is 19.2 Å². The predicted octanol–water partition coefficient (Wildman–Crippen LogP) is 2.82. The van der Waals surface area contributed by atoms with Gasteiger partial charge in [0, 0.05) is 35.8 Å². The molecule has 1 N–H and O–H groups in total. The van der Waals surface area contributed by atoms with E-state index in [0.29, 0.717) is 10.6 Å². The lowest BCUT2D eigenvalue weighted by Crippen LogP contribution is -2.48. The molecule has 0 spiro atoms. The van der Waals surface area contributed by atoms with Crippen LogP contribution in [0.5, 0.6) is 0 Å². The van der Waals surface area contributed by atoms with Gasteiger partial charge < -0.3 is 10.2 Å². The SMILES string of the molecule is CN(CC(=O)NC(C)(C)C)C(=O)CN(Cc1c(F)cccc1Cl)C1CC1. The van der Waals surface area contributed by atoms with Gasteiger partial charge in [-0.2, -0.15) is 0 Å². The molecule has 1 aliphatic rings. The van der Waals surface area contributed by atoms with E-state index in [-0.39, 0.29) is 48.8 Å². The largest absolute Gasteiger partial charge is 0.350 e. The molecular weight excluding hydrogens is 357 g/mol. The van der Waals surface area contributed by atoms with Crippen molar-refractivity contribution in [1.82, 2.24) is 15.1 Å². The maximum absolute atomic E-state index is 14.1. The van der Waals surface area contributed by atoms with Crippen molar-refractivity contribution >= 4 is 23.4 Å². The Morgan fingerprint density at radius 3 is 2.46 bits per heavy atom. The molecule has 2 rings (SSSR count). The van der Waals surface area contributed by atoms with Gasteiger partial charge in [0.15, 0.2) is 0 Å². The monoisotopic (exact) mass is 383 g/mol. The third kappa shape index (κ3) is 6.25. The van der Waals surface area contributed by atoms with Crippen molar-refractivity contribution in [2.24, 2.45) is 0 Å². The van der Waals surface area contributed by atoms with Crippen LogP contribution in [0.15, 0.2) is 18.2 Å². The van der Waals surface area contributed by atoms with Crippen LogP contribution in [0.1, 0.15) is 39.2 Å². The van der Waals surface area contributed by atoms with E-state index in [0.717, 1.165) is 12.8 Å². The van der Waals surface area contributed by atoms with Gasteiger partial charge in [-0.15, -0.1) is 0 Å². The number of nitrogens with zero attached hydrogens (tertiary/aromatic N) is 2. The molecule has 1 aliphatic carbocycles. The average Bonchev–Trinajstić information content (AvgIpc) is 3.32. The average molecular weight is 384 g/mol. The maximum atomic E-state index is 14.1. The number of carbonyl (C=O) groups excluding carboxylic acids is 2. The van der Waals surface area contributed by atoms with E-state index >= 15 is 0 Å². The minimum Gasteiger partial charge on any atom is -0.350 e. The van der Waals surface area contributed by atoms with E-state index in [1.165, 1.54) is 11.0 Å². The van der Waals surface area contributed by atoms with Crippen LogP contribution in [-0.4, -0.2) is 53.3 Å². The topological polar surface area (TPSA) is 52.7 Å². The van der Waals surface area contributed by atoms with Gasteiger partial charge in [-0.25, -0.2) is 4.39 Å². The van der Waals surface area contributed by atoms with Crippen molar-refractivity contribution in [2.45, 2.75) is 51.7 Å². The number of carbonyl (C=O) groups is 2. The maximum Gasteiger partial charge on any atom is 0.240 e. The smallest absolute Gasteiger partial charge is 0.240 e. The van der Waals surface area contributed by atoms with Gasteiger partial charge in [0.25, 0.3) is 0 Å². The van der Waals surface area contributed by atoms with Crippen molar-refractivity contribution in [3.05, 3.63) is 34.6 Å². The molecule has 144 valence electrons. The first-order valence-corrected chi connectivity index (χ1v) is 9.16. The molecular formula is C19H27ClFN3O2. The first-order valence-electron chi connectivity index (χ1n) is 8.79. The number of benzene rings is 1. The normalized spacial score (nSPS) is 14.4. The van der Waals surface area contributed by atoms with Crippen molar-refractivity contribution in [2.75, 3.05) is 20.1 Å². The Morgan fingerprint density at radius 1 is 1.27 bits per heavy atom. The molecule has 0 aromatic heterocycles. The summed E-state index contributed by atoms with van der Waals surface area (Å²) < 4.78 is 14.1. The van der Waals surface area contributed by atoms with Gasteiger partial charge in [0.05, 0.1) is 13.1 Å². The quantitative estimate of drug-likeness (QED) is 0.787. The summed E-state index contributed by atoms with van der Waals surface area (Å²) in [5, 5.41) is 3.20. The summed E-state index contributed by atoms with van der Waals surface area (Å²) in [7, 11) is 1.60. The predicted molar refractivity (Wildman–Crippen MR) is 100 cm³/mol. The fourth-order valence-electron chi connectivity index (χ4n) is 2.70. The van der Waals surface area contributed by atoms with Gasteiger partial charge >= 0.3 is 0 Å². The molecule has 7 heteroatoms. The number of likely N-dealkylation sites (N-methyl/N-ethyl adjacent to an activating group) is 1. The third-order valence-electron chi connectivity index (χ3n) is 4.15. The molecule has 0 bridgehead atoms. The summed E-state index contributed by atoms with van der Waals surface area (Å²) in [5.74, 6) is -0.745. The second-order valence-electron chi connectivity index (χ2n) is 7.88. The van der Waals surface area contributed by atoms with Crippen LogP contribution in [0.4, 0.5) is 4.39 Å². The molecule has 0 unspecified atom stereocenters. The Kier molecular flexibility index (Phi) is 6.64. The molecule has 2 amide bonds. The Balaban J connectivity index is 1.97. The minimum absolute atomic E-state index is 0.00490. The molecule has 1 aromatic rings. The van der Waals surface area contributed by atoms with Crippen molar-refractivity contribution in [3.8, 4) is 0 Å². The number of halogens is 2. The first-order chi connectivity index (χ1) is 12.1. The molecule has 0 heterocycles. The Bertz CT molecular complexity index is 651. The van der Waals surface area contributed by atoms with Crippen LogP contribution in [0.25, 0.3) is 0 Å². The lowest BCUT2D eigenvalue weighted by atomic mass is 10.1. The highest BCUT2D eigenvalue weighted by Gasteiger charge is 2.32. The van der Waals surface area contributed by atoms with Gasteiger partial charge in [-0.1, -0.05) is 17.7 Å². The van der Waals surface area contributed by atoms with Gasteiger partial charge in [-0.05, 0) is 45.7 Å². The fraction of sp³-hybridized carbons (Fsp3) is 0.579. The molecule has 1 aromatic carbocycles. The summed E-state index contributed by atoms with van der Waals surface area (Å²) in [5.41, 5.74) is 0.0600. The van der Waals surface area contributed by atoms with E-state index in [9.17, 15) is 14.0 Å². The van der Waals surface area contributed by atoms with Gasteiger partial charge in [-0.3, -0.25) is 14.5 Å². The van der Waals surface area contributed by atoms with Crippen LogP contribution >= 0.6 is 11.6 Å². The second-order valence-corrected chi connectivity index (χ2v) is 8.29. The number of nitrogens with one attached hydrogen (secondary N) is 1. The zero-order valence-electron chi connectivity index (χ0n) is 15.8. The van der Waals surface area contributed by atoms with Crippen LogP contribution < -0.4 is 5.32 Å². The van der Waals surface area contributed by atoms with E-state index in [1.807, 2.05) is 25.7 Å². The first kappa shape index (κ1) is 20.6. The lowest BCUT2D eigenvalue weighted by Gasteiger charge is -2.26. The highest BCUT2D eigenvalue weighted by atomic mass is 35.5. The van der Waals surface area contributed by atoms with Crippen molar-refractivity contribution < 1.29 is 14.0 Å². The van der Waals surface area contributed by atoms with Crippen LogP contribution in [0, 0.1) is 5.82 Å². The van der Waals surface area contributed by atoms with Crippen LogP contribution in [0.3, 0.4) is 0 Å². The van der Waals surface area contributed by atoms with E-state index < -0.39 is 0 Å². The molecule has 0 radical (unpaired) electrons. The Hall–Kier alpha value is -1.66. The number of amides is 2. The molecule has 0 atom stereocenters. The number of hydrogen-bond donors (Lipinski definition) is 1. The Labute approximate surface area is 159 Å². The van der Waals surface area contributed by atoms with Gasteiger partial charge in [0.2, 0.25) is 11.8 Å². The van der Waals surface area contributed by atoms with Crippen molar-refractivity contribution in [3.63, 3.8) is 0 Å². The number of rotatable bonds is 7. The lowest BCUT2D eigenvalue weighted by molar-refractivity contribution is -0.136. The standard InChI is InChI=1S/C19H27ClFN3O2/c1-19(2,3)22-17(25)11-23(4)18(26)12-24(13-8-9-13)10-14-15(20)6-5-7-16(14)21/h5-7,13H,8-12H2,1-4H3,(H,22,25). The molecule has 0 saturated heterocycles. The summed E-state index contributed by atoms with van der Waals surface area (Å²) >= 11 is 6.11. The molecule has 26 heavy (non-hydrogen) atoms. The molecule has 0 aliphatic heterocycles. The Morgan fingerprint density at radius 2 is 1.92 bits per heavy atom. The summed E-state index contributed by atoms with van der Waals surface area (Å²) in [6, 6.07) is 4.84. The van der Waals surface area contributed by atoms with Gasteiger partial charge in [0.1, 0.15) is 5.82 Å². The summed E-state index contributed by atoms with van der Waals surface area (Å²) in [4.78, 5) is 27.9. The van der Waals surface area contributed by atoms with Crippen molar-refractivity contribution in [1.29, 1.82) is 0 Å². The number of hydrogen-bond acceptors (Lipinski definition) is 3. The highest BCUT2D eigenvalue weighted by Crippen LogP contribution is 2.30. The molecule has 1 saturated carbocycles. The van der Waals surface area contributed by atoms with Crippen LogP contribution in [0.2, 0.25) is 5.02 Å². The fourth-order valence-corrected chi connectivity index (χ4v) is 2.92. The van der Waals surface area contributed by atoms with E-state index in [2.05, 4.69) is 5.32 Å². The summed E-state index contributed by atoms with van der Waals surface area (Å²) in [6.07, 6.45) is 1.96. The minimum atomic E-state index is -0.367. The summed E-state index contributed by atoms with van der Waals surface area (Å²) in [6.45, 7) is 6.08. The zero-order valence-corrected chi connectivity index (χ0v) is 16.6. The second kappa shape index (κ2) is 8.35. The van der Waals surface area contributed by atoms with E-state index in [4.69, 9.17) is 11.6 Å². The highest BCUT2D eigenvalue weighted by molar-refractivity contribution is 6.31. The van der Waals surface area contributed by atoms with Crippen LogP contribution in [-0.2, 0) is 16.1 Å². The molecule has 5 nitrogen and oxygen atoms in total. The third-order valence-corrected chi connectivity index (χ3v) is 4.50. The zero-order chi connectivity index (χ0) is 19.5.